The lowest BCUT2D eigenvalue weighted by Gasteiger charge is -2.17. The minimum absolute atomic E-state index is 0.681. The Hall–Kier alpha value is -7.75. The van der Waals surface area contributed by atoms with Crippen molar-refractivity contribution in [2.24, 2.45) is 0 Å². The van der Waals surface area contributed by atoms with Crippen LogP contribution in [0.2, 0.25) is 0 Å². The van der Waals surface area contributed by atoms with Crippen LogP contribution in [-0.4, -0.2) is 15.0 Å². The highest BCUT2D eigenvalue weighted by Gasteiger charge is 2.17. The fraction of sp³-hybridized carbons (Fsp3) is 0. The van der Waals surface area contributed by atoms with Gasteiger partial charge in [-0.05, 0) is 113 Å². The average Bonchev–Trinajstić information content (AvgIpc) is 3.31. The lowest BCUT2D eigenvalue weighted by atomic mass is 9.87. The van der Waals surface area contributed by atoms with E-state index in [1.54, 1.807) is 6.20 Å². The number of hydrogen-bond donors (Lipinski definition) is 0. The van der Waals surface area contributed by atoms with Crippen molar-refractivity contribution in [2.75, 3.05) is 0 Å². The predicted octanol–water partition coefficient (Wildman–Crippen LogP) is 14.5. The van der Waals surface area contributed by atoms with E-state index in [1.807, 2.05) is 18.3 Å². The molecule has 9 aromatic carbocycles. The van der Waals surface area contributed by atoms with Gasteiger partial charge in [-0.1, -0.05) is 158 Å². The Balaban J connectivity index is 1.08. The molecule has 0 bridgehead atoms. The standard InChI is InChI=1S/C55H35N3/c1-2-14-37(15-3-1)53-34-54(42-19-10-17-39(30-42)44-21-12-28-56-35-44)58-55(57-53)43-20-11-18-40(31-43)49-32-51-48-25-9-7-23-46(48)50(33-52(51)47-24-8-6-22-45(47)49)41-27-26-36-13-4-5-16-38(36)29-41/h1-35H. The Morgan fingerprint density at radius 2 is 0.810 bits per heavy atom. The van der Waals surface area contributed by atoms with Gasteiger partial charge in [-0.2, -0.15) is 0 Å². The molecule has 270 valence electrons. The van der Waals surface area contributed by atoms with E-state index in [1.165, 1.54) is 59.8 Å². The van der Waals surface area contributed by atoms with E-state index < -0.39 is 0 Å². The molecule has 0 radical (unpaired) electrons. The largest absolute Gasteiger partial charge is 0.264 e. The first-order valence-corrected chi connectivity index (χ1v) is 19.7. The van der Waals surface area contributed by atoms with Crippen LogP contribution in [0.5, 0.6) is 0 Å². The molecule has 0 aliphatic rings. The third-order valence-corrected chi connectivity index (χ3v) is 11.3. The van der Waals surface area contributed by atoms with Gasteiger partial charge in [0.25, 0.3) is 0 Å². The SMILES string of the molecule is c1ccc(-c2cc(-c3cccc(-c4cccnc4)c3)nc(-c3cccc(-c4cc5c6ccccc6c(-c6ccc7ccccc7c6)cc5c5ccccc45)c3)n2)cc1. The van der Waals surface area contributed by atoms with Crippen LogP contribution in [-0.2, 0) is 0 Å². The van der Waals surface area contributed by atoms with Gasteiger partial charge in [0.05, 0.1) is 11.4 Å². The minimum atomic E-state index is 0.681. The van der Waals surface area contributed by atoms with Crippen molar-refractivity contribution in [1.29, 1.82) is 0 Å². The molecule has 0 fully saturated rings. The van der Waals surface area contributed by atoms with Crippen molar-refractivity contribution in [3.8, 4) is 67.3 Å². The molecule has 0 unspecified atom stereocenters. The van der Waals surface area contributed by atoms with E-state index in [0.29, 0.717) is 5.82 Å². The molecule has 0 atom stereocenters. The molecule has 11 aromatic rings. The van der Waals surface area contributed by atoms with Gasteiger partial charge < -0.3 is 0 Å². The second kappa shape index (κ2) is 14.1. The summed E-state index contributed by atoms with van der Waals surface area (Å²) < 4.78 is 0. The molecule has 58 heavy (non-hydrogen) atoms. The molecule has 2 aromatic heterocycles. The number of hydrogen-bond acceptors (Lipinski definition) is 3. The van der Waals surface area contributed by atoms with Crippen molar-refractivity contribution in [3.05, 3.63) is 213 Å². The van der Waals surface area contributed by atoms with Crippen molar-refractivity contribution in [1.82, 2.24) is 15.0 Å². The van der Waals surface area contributed by atoms with Crippen LogP contribution in [0, 0.1) is 0 Å². The first-order valence-electron chi connectivity index (χ1n) is 19.7. The van der Waals surface area contributed by atoms with E-state index in [0.717, 1.165) is 44.8 Å². The second-order valence-electron chi connectivity index (χ2n) is 14.8. The zero-order valence-corrected chi connectivity index (χ0v) is 31.5. The molecule has 0 spiro atoms. The maximum atomic E-state index is 5.25. The highest BCUT2D eigenvalue weighted by atomic mass is 14.9. The van der Waals surface area contributed by atoms with Crippen LogP contribution >= 0.6 is 0 Å². The maximum absolute atomic E-state index is 5.25. The van der Waals surface area contributed by atoms with Gasteiger partial charge in [0, 0.05) is 34.6 Å². The lowest BCUT2D eigenvalue weighted by Crippen LogP contribution is -1.96. The first kappa shape index (κ1) is 33.6. The summed E-state index contributed by atoms with van der Waals surface area (Å²) in [4.78, 5) is 14.8. The highest BCUT2D eigenvalue weighted by Crippen LogP contribution is 2.43. The number of aromatic nitrogens is 3. The summed E-state index contributed by atoms with van der Waals surface area (Å²) in [6.07, 6.45) is 3.70. The van der Waals surface area contributed by atoms with Gasteiger partial charge in [0.2, 0.25) is 0 Å². The van der Waals surface area contributed by atoms with Crippen molar-refractivity contribution < 1.29 is 0 Å². The smallest absolute Gasteiger partial charge is 0.160 e. The third-order valence-electron chi connectivity index (χ3n) is 11.3. The molecule has 3 nitrogen and oxygen atoms in total. The molecule has 0 aliphatic carbocycles. The number of pyridine rings is 1. The lowest BCUT2D eigenvalue weighted by molar-refractivity contribution is 1.18. The van der Waals surface area contributed by atoms with Crippen LogP contribution in [0.15, 0.2) is 213 Å². The van der Waals surface area contributed by atoms with Gasteiger partial charge in [-0.3, -0.25) is 4.98 Å². The van der Waals surface area contributed by atoms with Crippen molar-refractivity contribution in [3.63, 3.8) is 0 Å². The maximum Gasteiger partial charge on any atom is 0.160 e. The van der Waals surface area contributed by atoms with Crippen molar-refractivity contribution in [2.45, 2.75) is 0 Å². The number of benzene rings is 9. The summed E-state index contributed by atoms with van der Waals surface area (Å²) >= 11 is 0. The van der Waals surface area contributed by atoms with E-state index in [4.69, 9.17) is 9.97 Å². The Kier molecular flexibility index (Phi) is 8.15. The summed E-state index contributed by atoms with van der Waals surface area (Å²) in [5.41, 5.74) is 11.7. The summed E-state index contributed by atoms with van der Waals surface area (Å²) in [5.74, 6) is 0.681. The van der Waals surface area contributed by atoms with Gasteiger partial charge in [-0.25, -0.2) is 9.97 Å². The quantitative estimate of drug-likeness (QED) is 0.160. The average molecular weight is 738 g/mol. The monoisotopic (exact) mass is 737 g/mol. The molecule has 0 amide bonds. The van der Waals surface area contributed by atoms with Gasteiger partial charge in [0.15, 0.2) is 5.82 Å². The fourth-order valence-corrected chi connectivity index (χ4v) is 8.48. The van der Waals surface area contributed by atoms with Crippen LogP contribution in [0.25, 0.3) is 110 Å². The molecule has 0 aliphatic heterocycles. The van der Waals surface area contributed by atoms with Gasteiger partial charge >= 0.3 is 0 Å². The summed E-state index contributed by atoms with van der Waals surface area (Å²) in [6.45, 7) is 0. The number of rotatable bonds is 6. The molecular weight excluding hydrogens is 703 g/mol. The van der Waals surface area contributed by atoms with Crippen LogP contribution < -0.4 is 0 Å². The molecule has 2 heterocycles. The second-order valence-corrected chi connectivity index (χ2v) is 14.8. The van der Waals surface area contributed by atoms with Crippen molar-refractivity contribution >= 4 is 43.1 Å². The number of fused-ring (bicyclic) bond motifs is 6. The normalized spacial score (nSPS) is 11.4. The Morgan fingerprint density at radius 3 is 1.52 bits per heavy atom. The highest BCUT2D eigenvalue weighted by molar-refractivity contribution is 6.24. The number of nitrogens with zero attached hydrogens (tertiary/aromatic N) is 3. The van der Waals surface area contributed by atoms with Gasteiger partial charge in [-0.15, -0.1) is 0 Å². The Morgan fingerprint density at radius 1 is 0.276 bits per heavy atom. The predicted molar refractivity (Wildman–Crippen MR) is 242 cm³/mol. The van der Waals surface area contributed by atoms with Crippen LogP contribution in [0.3, 0.4) is 0 Å². The summed E-state index contributed by atoms with van der Waals surface area (Å²) in [6, 6.07) is 71.6. The van der Waals surface area contributed by atoms with E-state index in [2.05, 4.69) is 193 Å². The van der Waals surface area contributed by atoms with Crippen LogP contribution in [0.4, 0.5) is 0 Å². The Bertz CT molecular complexity index is 3340. The van der Waals surface area contributed by atoms with E-state index in [-0.39, 0.29) is 0 Å². The molecular formula is C55H35N3. The Labute approximate surface area is 336 Å². The minimum Gasteiger partial charge on any atom is -0.264 e. The molecule has 0 saturated carbocycles. The zero-order valence-electron chi connectivity index (χ0n) is 31.5. The molecule has 11 rings (SSSR count). The van der Waals surface area contributed by atoms with Crippen LogP contribution in [0.1, 0.15) is 0 Å². The molecule has 0 saturated heterocycles. The third kappa shape index (κ3) is 5.98. The molecule has 0 N–H and O–H groups in total. The summed E-state index contributed by atoms with van der Waals surface area (Å²) in [7, 11) is 0. The van der Waals surface area contributed by atoms with Gasteiger partial charge in [0.1, 0.15) is 0 Å². The topological polar surface area (TPSA) is 38.7 Å². The summed E-state index contributed by atoms with van der Waals surface area (Å²) in [5, 5.41) is 9.89. The van der Waals surface area contributed by atoms with E-state index >= 15 is 0 Å². The fourth-order valence-electron chi connectivity index (χ4n) is 8.48. The molecule has 3 heteroatoms. The first-order chi connectivity index (χ1) is 28.7. The van der Waals surface area contributed by atoms with E-state index in [9.17, 15) is 0 Å². The zero-order chi connectivity index (χ0) is 38.4.